The summed E-state index contributed by atoms with van der Waals surface area (Å²) >= 11 is 0. The summed E-state index contributed by atoms with van der Waals surface area (Å²) in [7, 11) is 0. The van der Waals surface area contributed by atoms with E-state index in [1.54, 1.807) is 19.1 Å². The van der Waals surface area contributed by atoms with E-state index in [2.05, 4.69) is 4.99 Å². The van der Waals surface area contributed by atoms with E-state index in [0.29, 0.717) is 23.5 Å². The van der Waals surface area contributed by atoms with Crippen LogP contribution in [-0.2, 0) is 9.59 Å². The predicted octanol–water partition coefficient (Wildman–Crippen LogP) is 1.34. The second kappa shape index (κ2) is 5.22. The van der Waals surface area contributed by atoms with Gasteiger partial charge in [0.1, 0.15) is 5.84 Å². The molecule has 0 aromatic heterocycles. The summed E-state index contributed by atoms with van der Waals surface area (Å²) in [5.74, 6) is -0.525. The fourth-order valence-electron chi connectivity index (χ4n) is 2.79. The van der Waals surface area contributed by atoms with Crippen molar-refractivity contribution in [2.24, 2.45) is 33.7 Å². The molecular weight excluding hydrogens is 266 g/mol. The number of hydrogen-bond acceptors (Lipinski definition) is 5. The highest BCUT2D eigenvalue weighted by molar-refractivity contribution is 6.07. The van der Waals surface area contributed by atoms with Crippen molar-refractivity contribution in [3.05, 3.63) is 23.4 Å². The third-order valence-electron chi connectivity index (χ3n) is 4.29. The molecule has 0 fully saturated rings. The van der Waals surface area contributed by atoms with E-state index in [1.165, 1.54) is 0 Å². The van der Waals surface area contributed by atoms with Crippen molar-refractivity contribution in [1.82, 2.24) is 0 Å². The summed E-state index contributed by atoms with van der Waals surface area (Å²) in [6, 6.07) is -0.618. The van der Waals surface area contributed by atoms with E-state index in [1.807, 2.05) is 20.8 Å². The Hall–Kier alpha value is -1.75. The third-order valence-corrected chi connectivity index (χ3v) is 4.29. The summed E-state index contributed by atoms with van der Waals surface area (Å²) in [6.07, 6.45) is 4.04. The first-order valence-corrected chi connectivity index (χ1v) is 7.25. The Morgan fingerprint density at radius 1 is 1.48 bits per heavy atom. The molecule has 0 saturated heterocycles. The molecule has 0 bridgehead atoms. The number of aliphatic imine (C=N–C) groups is 1. The highest BCUT2D eigenvalue weighted by atomic mass is 16.1. The number of hydrogen-bond donors (Lipinski definition) is 2. The molecule has 0 aromatic carbocycles. The van der Waals surface area contributed by atoms with Crippen molar-refractivity contribution in [2.75, 3.05) is 0 Å². The number of Topliss-reactive ketones (excluding diaryl/α,β-unsaturated/α-hetero) is 2. The lowest BCUT2D eigenvalue weighted by Gasteiger charge is -2.29. The van der Waals surface area contributed by atoms with Crippen LogP contribution in [0.1, 0.15) is 34.1 Å². The Morgan fingerprint density at radius 3 is 2.67 bits per heavy atom. The first-order chi connectivity index (χ1) is 9.65. The normalized spacial score (nSPS) is 29.6. The van der Waals surface area contributed by atoms with E-state index in [4.69, 9.17) is 11.5 Å². The van der Waals surface area contributed by atoms with Crippen molar-refractivity contribution < 1.29 is 9.59 Å². The number of ketones is 2. The van der Waals surface area contributed by atoms with Gasteiger partial charge in [-0.05, 0) is 19.4 Å². The second-order valence-corrected chi connectivity index (χ2v) is 6.64. The van der Waals surface area contributed by atoms with Crippen LogP contribution in [0.2, 0.25) is 0 Å². The van der Waals surface area contributed by atoms with Crippen molar-refractivity contribution in [2.45, 2.75) is 40.2 Å². The van der Waals surface area contributed by atoms with Gasteiger partial charge in [-0.2, -0.15) is 0 Å². The number of amidine groups is 1. The van der Waals surface area contributed by atoms with Crippen molar-refractivity contribution in [3.63, 3.8) is 0 Å². The molecule has 0 radical (unpaired) electrons. The van der Waals surface area contributed by atoms with Crippen LogP contribution in [0.25, 0.3) is 0 Å². The molecule has 2 rings (SSSR count). The molecule has 1 aliphatic carbocycles. The Morgan fingerprint density at radius 2 is 2.10 bits per heavy atom. The average Bonchev–Trinajstić information content (AvgIpc) is 2.49. The summed E-state index contributed by atoms with van der Waals surface area (Å²) in [4.78, 5) is 29.5. The Kier molecular flexibility index (Phi) is 3.89. The Bertz CT molecular complexity index is 582. The molecule has 1 aliphatic heterocycles. The zero-order chi connectivity index (χ0) is 15.9. The maximum atomic E-state index is 12.6. The van der Waals surface area contributed by atoms with Crippen LogP contribution in [0.5, 0.6) is 0 Å². The molecule has 0 spiro atoms. The first kappa shape index (κ1) is 15.6. The summed E-state index contributed by atoms with van der Waals surface area (Å²) in [5, 5.41) is 0. The third kappa shape index (κ3) is 2.70. The molecule has 4 N–H and O–H groups in total. The first-order valence-electron chi connectivity index (χ1n) is 7.25. The minimum Gasteiger partial charge on any atom is -0.387 e. The van der Waals surface area contributed by atoms with Crippen LogP contribution in [0.4, 0.5) is 0 Å². The molecule has 3 atom stereocenters. The van der Waals surface area contributed by atoms with Crippen LogP contribution in [0, 0.1) is 17.3 Å². The van der Waals surface area contributed by atoms with Gasteiger partial charge in [-0.25, -0.2) is 4.99 Å². The lowest BCUT2D eigenvalue weighted by atomic mass is 9.73. The van der Waals surface area contributed by atoms with Crippen LogP contribution in [-0.4, -0.2) is 23.4 Å². The van der Waals surface area contributed by atoms with Gasteiger partial charge in [0.2, 0.25) is 0 Å². The molecule has 0 saturated carbocycles. The maximum absolute atomic E-state index is 12.6. The number of allylic oxidation sites excluding steroid dienone is 3. The fraction of sp³-hybridized carbons (Fsp3) is 0.562. The highest BCUT2D eigenvalue weighted by Crippen LogP contribution is 2.39. The smallest absolute Gasteiger partial charge is 0.168 e. The van der Waals surface area contributed by atoms with E-state index in [9.17, 15) is 9.59 Å². The standard InChI is InChI=1S/C16H23N3O2/c1-8-5-6-11-12(13(8)20)10(14(21)9(2)17)7-16(3,4)15(18)19-11/h5-6,8-10H,7,17H2,1-4H3,(H2,18,19)/t8?,9-,10?/m0/s1. The SMILES string of the molecule is CC1C=CC2=C(C1=O)C(C(=O)[C@H](C)N)CC(C)(C)C(N)=N2. The largest absolute Gasteiger partial charge is 0.387 e. The number of rotatable bonds is 2. The molecular formula is C16H23N3O2. The van der Waals surface area contributed by atoms with E-state index < -0.39 is 17.4 Å². The molecule has 0 aromatic rings. The van der Waals surface area contributed by atoms with Crippen LogP contribution in [0.3, 0.4) is 0 Å². The minimum absolute atomic E-state index is 0.0549. The van der Waals surface area contributed by atoms with Gasteiger partial charge in [-0.15, -0.1) is 0 Å². The predicted molar refractivity (Wildman–Crippen MR) is 82.5 cm³/mol. The zero-order valence-corrected chi connectivity index (χ0v) is 13.0. The van der Waals surface area contributed by atoms with E-state index in [0.717, 1.165) is 0 Å². The van der Waals surface area contributed by atoms with Crippen LogP contribution < -0.4 is 11.5 Å². The molecule has 5 heteroatoms. The van der Waals surface area contributed by atoms with E-state index in [-0.39, 0.29) is 17.5 Å². The van der Waals surface area contributed by atoms with E-state index >= 15 is 0 Å². The number of carbonyl (C=O) groups is 2. The average molecular weight is 289 g/mol. The summed E-state index contributed by atoms with van der Waals surface area (Å²) in [5.41, 5.74) is 12.4. The van der Waals surface area contributed by atoms with Crippen LogP contribution >= 0.6 is 0 Å². The quantitative estimate of drug-likeness (QED) is 0.801. The minimum atomic E-state index is -0.618. The lowest BCUT2D eigenvalue weighted by Crippen LogP contribution is -2.40. The van der Waals surface area contributed by atoms with Gasteiger partial charge in [0.15, 0.2) is 11.6 Å². The zero-order valence-electron chi connectivity index (χ0n) is 13.0. The number of nitrogens with zero attached hydrogens (tertiary/aromatic N) is 1. The molecule has 2 aliphatic rings. The molecule has 1 heterocycles. The Balaban J connectivity index is 2.60. The molecule has 2 unspecified atom stereocenters. The molecule has 114 valence electrons. The van der Waals surface area contributed by atoms with Gasteiger partial charge < -0.3 is 11.5 Å². The number of carbonyl (C=O) groups excluding carboxylic acids is 2. The summed E-state index contributed by atoms with van der Waals surface area (Å²) in [6.45, 7) is 7.34. The van der Waals surface area contributed by atoms with Crippen molar-refractivity contribution >= 4 is 17.4 Å². The van der Waals surface area contributed by atoms with Gasteiger partial charge in [0, 0.05) is 16.9 Å². The lowest BCUT2D eigenvalue weighted by molar-refractivity contribution is -0.126. The fourth-order valence-corrected chi connectivity index (χ4v) is 2.79. The van der Waals surface area contributed by atoms with Crippen molar-refractivity contribution in [1.29, 1.82) is 0 Å². The van der Waals surface area contributed by atoms with Gasteiger partial charge in [-0.1, -0.05) is 26.8 Å². The molecule has 0 amide bonds. The monoisotopic (exact) mass is 289 g/mol. The van der Waals surface area contributed by atoms with Gasteiger partial charge in [0.25, 0.3) is 0 Å². The number of nitrogens with two attached hydrogens (primary N) is 2. The highest BCUT2D eigenvalue weighted by Gasteiger charge is 2.41. The molecule has 5 nitrogen and oxygen atoms in total. The van der Waals surface area contributed by atoms with Gasteiger partial charge >= 0.3 is 0 Å². The van der Waals surface area contributed by atoms with Gasteiger partial charge in [-0.3, -0.25) is 9.59 Å². The maximum Gasteiger partial charge on any atom is 0.168 e. The Labute approximate surface area is 125 Å². The second-order valence-electron chi connectivity index (χ2n) is 6.64. The van der Waals surface area contributed by atoms with Crippen molar-refractivity contribution in [3.8, 4) is 0 Å². The molecule has 21 heavy (non-hydrogen) atoms. The van der Waals surface area contributed by atoms with Gasteiger partial charge in [0.05, 0.1) is 17.7 Å². The topological polar surface area (TPSA) is 98.5 Å². The summed E-state index contributed by atoms with van der Waals surface area (Å²) < 4.78 is 0. The van der Waals surface area contributed by atoms with Crippen LogP contribution in [0.15, 0.2) is 28.4 Å².